The molecule has 0 spiro atoms. The smallest absolute Gasteiger partial charge is 0.310 e. The summed E-state index contributed by atoms with van der Waals surface area (Å²) in [5.41, 5.74) is 0.610. The van der Waals surface area contributed by atoms with Gasteiger partial charge in [-0.1, -0.05) is 12.1 Å². The molecule has 0 unspecified atom stereocenters. The van der Waals surface area contributed by atoms with Crippen LogP contribution in [0.1, 0.15) is 15.9 Å². The van der Waals surface area contributed by atoms with Crippen molar-refractivity contribution in [1.82, 2.24) is 0 Å². The summed E-state index contributed by atoms with van der Waals surface area (Å²) in [6, 6.07) is 9.64. The highest BCUT2D eigenvalue weighted by Gasteiger charge is 2.17. The molecule has 2 aromatic carbocycles. The molecule has 5 nitrogen and oxygen atoms in total. The molecule has 6 heteroatoms. The van der Waals surface area contributed by atoms with Gasteiger partial charge in [-0.15, -0.1) is 0 Å². The molecule has 0 fully saturated rings. The molecule has 21 heavy (non-hydrogen) atoms. The van der Waals surface area contributed by atoms with E-state index in [9.17, 15) is 19.3 Å². The number of rotatable bonds is 5. The molecule has 108 valence electrons. The van der Waals surface area contributed by atoms with E-state index in [0.717, 1.165) is 0 Å². The molecular weight excluding hydrogens is 277 g/mol. The predicted molar refractivity (Wildman–Crippen MR) is 74.1 cm³/mol. The van der Waals surface area contributed by atoms with Gasteiger partial charge in [0.15, 0.2) is 11.5 Å². The Morgan fingerprint density at radius 1 is 1.29 bits per heavy atom. The summed E-state index contributed by atoms with van der Waals surface area (Å²) in [6.45, 7) is 0. The Labute approximate surface area is 120 Å². The Morgan fingerprint density at radius 3 is 2.67 bits per heavy atom. The van der Waals surface area contributed by atoms with Crippen molar-refractivity contribution in [3.05, 3.63) is 69.5 Å². The first kappa shape index (κ1) is 14.6. The van der Waals surface area contributed by atoms with Gasteiger partial charge in [-0.3, -0.25) is 14.9 Å². The largest absolute Gasteiger partial charge is 0.490 e. The summed E-state index contributed by atoms with van der Waals surface area (Å²) in [4.78, 5) is 22.3. The monoisotopic (exact) mass is 289 g/mol. The summed E-state index contributed by atoms with van der Waals surface area (Å²) in [5.74, 6) is -0.666. The number of hydrogen-bond donors (Lipinski definition) is 0. The SMILES string of the molecule is COc1cc(C(=O)Cc2cccc(F)c2)ccc1[N+](=O)[O-]. The van der Waals surface area contributed by atoms with Gasteiger partial charge in [-0.2, -0.15) is 0 Å². The highest BCUT2D eigenvalue weighted by molar-refractivity contribution is 5.98. The zero-order valence-electron chi connectivity index (χ0n) is 11.2. The third-order valence-corrected chi connectivity index (χ3v) is 2.95. The molecule has 2 rings (SSSR count). The van der Waals surface area contributed by atoms with Crippen LogP contribution in [0.3, 0.4) is 0 Å². The van der Waals surface area contributed by atoms with Gasteiger partial charge < -0.3 is 4.74 Å². The van der Waals surface area contributed by atoms with Gasteiger partial charge in [0.05, 0.1) is 12.0 Å². The molecule has 0 amide bonds. The maximum Gasteiger partial charge on any atom is 0.310 e. The topological polar surface area (TPSA) is 69.4 Å². The van der Waals surface area contributed by atoms with E-state index in [0.29, 0.717) is 5.56 Å². The summed E-state index contributed by atoms with van der Waals surface area (Å²) < 4.78 is 18.0. The van der Waals surface area contributed by atoms with Gasteiger partial charge in [-0.25, -0.2) is 4.39 Å². The molecule has 0 bridgehead atoms. The first-order valence-corrected chi connectivity index (χ1v) is 6.11. The zero-order valence-corrected chi connectivity index (χ0v) is 11.2. The van der Waals surface area contributed by atoms with Crippen LogP contribution in [0.4, 0.5) is 10.1 Å². The molecule has 2 aromatic rings. The van der Waals surface area contributed by atoms with Crippen LogP contribution in [0.15, 0.2) is 42.5 Å². The number of nitrogens with zero attached hydrogens (tertiary/aromatic N) is 1. The number of halogens is 1. The molecule has 0 aliphatic carbocycles. The number of hydrogen-bond acceptors (Lipinski definition) is 4. The zero-order chi connectivity index (χ0) is 15.4. The molecule has 0 saturated heterocycles. The second kappa shape index (κ2) is 6.13. The van der Waals surface area contributed by atoms with Gasteiger partial charge in [0, 0.05) is 18.1 Å². The van der Waals surface area contributed by atoms with Crippen molar-refractivity contribution in [2.24, 2.45) is 0 Å². The Hall–Kier alpha value is -2.76. The van der Waals surface area contributed by atoms with Crippen LogP contribution < -0.4 is 4.74 Å². The number of ether oxygens (including phenoxy) is 1. The lowest BCUT2D eigenvalue weighted by molar-refractivity contribution is -0.385. The molecular formula is C15H12FNO4. The Kier molecular flexibility index (Phi) is 4.27. The van der Waals surface area contributed by atoms with Crippen LogP contribution >= 0.6 is 0 Å². The summed E-state index contributed by atoms with van der Waals surface area (Å²) in [5, 5.41) is 10.8. The first-order valence-electron chi connectivity index (χ1n) is 6.11. The van der Waals surface area contributed by atoms with E-state index in [1.54, 1.807) is 6.07 Å². The molecule has 0 aromatic heterocycles. The molecule has 0 radical (unpaired) electrons. The third kappa shape index (κ3) is 3.42. The average Bonchev–Trinajstić information content (AvgIpc) is 2.46. The summed E-state index contributed by atoms with van der Waals surface area (Å²) in [6.07, 6.45) is 0.0126. The number of carbonyl (C=O) groups is 1. The molecule has 0 atom stereocenters. The van der Waals surface area contributed by atoms with Gasteiger partial charge in [-0.05, 0) is 29.8 Å². The lowest BCUT2D eigenvalue weighted by atomic mass is 10.0. The molecule has 0 N–H and O–H groups in total. The number of nitro benzene ring substituents is 1. The fraction of sp³-hybridized carbons (Fsp3) is 0.133. The van der Waals surface area contributed by atoms with Gasteiger partial charge >= 0.3 is 5.69 Å². The van der Waals surface area contributed by atoms with Gasteiger partial charge in [0.25, 0.3) is 0 Å². The maximum absolute atomic E-state index is 13.1. The van der Waals surface area contributed by atoms with E-state index in [1.165, 1.54) is 43.5 Å². The summed E-state index contributed by atoms with van der Waals surface area (Å²) >= 11 is 0. The lowest BCUT2D eigenvalue weighted by Gasteiger charge is -2.05. The minimum atomic E-state index is -0.584. The van der Waals surface area contributed by atoms with Crippen LogP contribution in [0.2, 0.25) is 0 Å². The van der Waals surface area contributed by atoms with Crippen LogP contribution in [-0.2, 0) is 6.42 Å². The van der Waals surface area contributed by atoms with Crippen molar-refractivity contribution >= 4 is 11.5 Å². The quantitative estimate of drug-likeness (QED) is 0.481. The second-order valence-corrected chi connectivity index (χ2v) is 4.37. The van der Waals surface area contributed by atoms with Crippen molar-refractivity contribution in [3.8, 4) is 5.75 Å². The Bertz CT molecular complexity index is 700. The standard InChI is InChI=1S/C15H12FNO4/c1-21-15-9-11(5-6-13(15)17(19)20)14(18)8-10-3-2-4-12(16)7-10/h2-7,9H,8H2,1H3. The van der Waals surface area contributed by atoms with Gasteiger partial charge in [0.2, 0.25) is 0 Å². The number of benzene rings is 2. The molecule has 0 saturated carbocycles. The Morgan fingerprint density at radius 2 is 2.05 bits per heavy atom. The first-order chi connectivity index (χ1) is 10.0. The molecule has 0 aliphatic heterocycles. The van der Waals surface area contributed by atoms with E-state index in [-0.39, 0.29) is 29.2 Å². The van der Waals surface area contributed by atoms with E-state index < -0.39 is 10.7 Å². The number of ketones is 1. The van der Waals surface area contributed by atoms with E-state index >= 15 is 0 Å². The molecule has 0 aliphatic rings. The number of nitro groups is 1. The van der Waals surface area contributed by atoms with E-state index in [2.05, 4.69) is 0 Å². The van der Waals surface area contributed by atoms with Crippen molar-refractivity contribution < 1.29 is 18.8 Å². The van der Waals surface area contributed by atoms with Crippen molar-refractivity contribution in [1.29, 1.82) is 0 Å². The predicted octanol–water partition coefficient (Wildman–Crippen LogP) is 3.17. The minimum Gasteiger partial charge on any atom is -0.490 e. The number of methoxy groups -OCH3 is 1. The van der Waals surface area contributed by atoms with Crippen LogP contribution in [0.5, 0.6) is 5.75 Å². The van der Waals surface area contributed by atoms with E-state index in [1.807, 2.05) is 0 Å². The van der Waals surface area contributed by atoms with Crippen molar-refractivity contribution in [2.75, 3.05) is 7.11 Å². The number of Topliss-reactive ketones (excluding diaryl/α,β-unsaturated/α-hetero) is 1. The van der Waals surface area contributed by atoms with Crippen LogP contribution in [0.25, 0.3) is 0 Å². The summed E-state index contributed by atoms with van der Waals surface area (Å²) in [7, 11) is 1.29. The van der Waals surface area contributed by atoms with E-state index in [4.69, 9.17) is 4.74 Å². The Balaban J connectivity index is 2.25. The normalized spacial score (nSPS) is 10.2. The fourth-order valence-electron chi connectivity index (χ4n) is 1.94. The average molecular weight is 289 g/mol. The highest BCUT2D eigenvalue weighted by Crippen LogP contribution is 2.28. The lowest BCUT2D eigenvalue weighted by Crippen LogP contribution is -2.05. The van der Waals surface area contributed by atoms with Crippen LogP contribution in [-0.4, -0.2) is 17.8 Å². The van der Waals surface area contributed by atoms with Crippen molar-refractivity contribution in [2.45, 2.75) is 6.42 Å². The number of carbonyl (C=O) groups excluding carboxylic acids is 1. The highest BCUT2D eigenvalue weighted by atomic mass is 19.1. The maximum atomic E-state index is 13.1. The molecule has 0 heterocycles. The van der Waals surface area contributed by atoms with Crippen molar-refractivity contribution in [3.63, 3.8) is 0 Å². The minimum absolute atomic E-state index is 0.0126. The second-order valence-electron chi connectivity index (χ2n) is 4.37. The van der Waals surface area contributed by atoms with Gasteiger partial charge in [0.1, 0.15) is 5.82 Å². The fourth-order valence-corrected chi connectivity index (χ4v) is 1.94. The van der Waals surface area contributed by atoms with Crippen LogP contribution in [0, 0.1) is 15.9 Å². The third-order valence-electron chi connectivity index (χ3n) is 2.95.